The number of nitrogens with two attached hydrogens (primary N) is 1. The van der Waals surface area contributed by atoms with Crippen molar-refractivity contribution >= 4 is 11.6 Å². The summed E-state index contributed by atoms with van der Waals surface area (Å²) in [5.74, 6) is -0.726. The molecule has 0 spiro atoms. The quantitative estimate of drug-likeness (QED) is 0.806. The smallest absolute Gasteiger partial charge is 0.251 e. The van der Waals surface area contributed by atoms with Gasteiger partial charge in [-0.2, -0.15) is 0 Å². The highest BCUT2D eigenvalue weighted by Gasteiger charge is 2.08. The first kappa shape index (κ1) is 12.5. The van der Waals surface area contributed by atoms with Crippen LogP contribution in [0.1, 0.15) is 30.6 Å². The second-order valence-electron chi connectivity index (χ2n) is 4.17. The van der Waals surface area contributed by atoms with Crippen molar-refractivity contribution in [1.82, 2.24) is 0 Å². The van der Waals surface area contributed by atoms with Crippen LogP contribution in [-0.4, -0.2) is 12.5 Å². The molecule has 1 rings (SSSR count). The molecule has 0 heterocycles. The van der Waals surface area contributed by atoms with Crippen LogP contribution in [0.5, 0.6) is 0 Å². The predicted molar refractivity (Wildman–Crippen MR) is 62.9 cm³/mol. The Morgan fingerprint density at radius 3 is 2.75 bits per heavy atom. The first-order chi connectivity index (χ1) is 7.50. The zero-order valence-electron chi connectivity index (χ0n) is 9.59. The minimum atomic E-state index is -0.745. The van der Waals surface area contributed by atoms with E-state index in [1.165, 1.54) is 12.1 Å². The third-order valence-corrected chi connectivity index (χ3v) is 2.28. The van der Waals surface area contributed by atoms with E-state index in [0.717, 1.165) is 18.7 Å². The van der Waals surface area contributed by atoms with Gasteiger partial charge in [0.15, 0.2) is 0 Å². The van der Waals surface area contributed by atoms with E-state index in [1.54, 1.807) is 6.07 Å². The maximum Gasteiger partial charge on any atom is 0.251 e. The van der Waals surface area contributed by atoms with Gasteiger partial charge in [-0.3, -0.25) is 4.79 Å². The van der Waals surface area contributed by atoms with Crippen LogP contribution >= 0.6 is 0 Å². The van der Waals surface area contributed by atoms with Gasteiger partial charge in [-0.25, -0.2) is 4.39 Å². The number of hydrogen-bond acceptors (Lipinski definition) is 2. The van der Waals surface area contributed by atoms with Gasteiger partial charge >= 0.3 is 0 Å². The highest BCUT2D eigenvalue weighted by Crippen LogP contribution is 2.14. The Hall–Kier alpha value is -1.58. The summed E-state index contributed by atoms with van der Waals surface area (Å²) in [4.78, 5) is 10.9. The minimum Gasteiger partial charge on any atom is -0.385 e. The fourth-order valence-corrected chi connectivity index (χ4v) is 1.33. The topological polar surface area (TPSA) is 55.1 Å². The van der Waals surface area contributed by atoms with Crippen molar-refractivity contribution in [3.8, 4) is 0 Å². The zero-order valence-corrected chi connectivity index (χ0v) is 9.59. The van der Waals surface area contributed by atoms with Gasteiger partial charge in [0.05, 0.1) is 5.56 Å². The summed E-state index contributed by atoms with van der Waals surface area (Å²) in [6.07, 6.45) is 1.02. The molecule has 1 amide bonds. The number of carbonyl (C=O) groups excluding carboxylic acids is 1. The Kier molecular flexibility index (Phi) is 4.28. The summed E-state index contributed by atoms with van der Waals surface area (Å²) in [5.41, 5.74) is 5.70. The van der Waals surface area contributed by atoms with Crippen LogP contribution in [0.25, 0.3) is 0 Å². The van der Waals surface area contributed by atoms with Crippen molar-refractivity contribution in [1.29, 1.82) is 0 Å². The molecular weight excluding hydrogens is 207 g/mol. The molecule has 0 saturated heterocycles. The number of primary amides is 1. The molecule has 16 heavy (non-hydrogen) atoms. The number of anilines is 1. The molecule has 0 fully saturated rings. The number of benzene rings is 1. The average molecular weight is 224 g/mol. The molecule has 88 valence electrons. The summed E-state index contributed by atoms with van der Waals surface area (Å²) >= 11 is 0. The van der Waals surface area contributed by atoms with Gasteiger partial charge < -0.3 is 11.1 Å². The van der Waals surface area contributed by atoms with E-state index in [1.807, 2.05) is 0 Å². The Labute approximate surface area is 94.8 Å². The molecule has 0 aliphatic rings. The SMILES string of the molecule is CC(C)CCNc1ccc(F)c(C(N)=O)c1. The number of rotatable bonds is 5. The largest absolute Gasteiger partial charge is 0.385 e. The fraction of sp³-hybridized carbons (Fsp3) is 0.417. The lowest BCUT2D eigenvalue weighted by molar-refractivity contribution is 0.0996. The van der Waals surface area contributed by atoms with E-state index in [0.29, 0.717) is 5.92 Å². The van der Waals surface area contributed by atoms with E-state index in [-0.39, 0.29) is 5.56 Å². The maximum absolute atomic E-state index is 13.1. The summed E-state index contributed by atoms with van der Waals surface area (Å²) in [7, 11) is 0. The van der Waals surface area contributed by atoms with Gasteiger partial charge in [0.25, 0.3) is 5.91 Å². The first-order valence-corrected chi connectivity index (χ1v) is 5.34. The molecule has 0 atom stereocenters. The van der Waals surface area contributed by atoms with Crippen molar-refractivity contribution in [2.45, 2.75) is 20.3 Å². The highest BCUT2D eigenvalue weighted by molar-refractivity contribution is 5.94. The van der Waals surface area contributed by atoms with Crippen LogP contribution in [0.4, 0.5) is 10.1 Å². The molecule has 0 aliphatic heterocycles. The van der Waals surface area contributed by atoms with E-state index in [2.05, 4.69) is 19.2 Å². The fourth-order valence-electron chi connectivity index (χ4n) is 1.33. The lowest BCUT2D eigenvalue weighted by Crippen LogP contribution is -2.14. The Morgan fingerprint density at radius 1 is 1.50 bits per heavy atom. The van der Waals surface area contributed by atoms with E-state index < -0.39 is 11.7 Å². The number of hydrogen-bond donors (Lipinski definition) is 2. The van der Waals surface area contributed by atoms with Crippen molar-refractivity contribution < 1.29 is 9.18 Å². The highest BCUT2D eigenvalue weighted by atomic mass is 19.1. The van der Waals surface area contributed by atoms with E-state index in [9.17, 15) is 9.18 Å². The molecule has 0 unspecified atom stereocenters. The van der Waals surface area contributed by atoms with Gasteiger partial charge in [-0.1, -0.05) is 13.8 Å². The van der Waals surface area contributed by atoms with E-state index >= 15 is 0 Å². The lowest BCUT2D eigenvalue weighted by atomic mass is 10.1. The van der Waals surface area contributed by atoms with Crippen molar-refractivity contribution in [2.75, 3.05) is 11.9 Å². The van der Waals surface area contributed by atoms with Crippen LogP contribution in [0.2, 0.25) is 0 Å². The zero-order chi connectivity index (χ0) is 12.1. The summed E-state index contributed by atoms with van der Waals surface area (Å²) in [6.45, 7) is 5.05. The standard InChI is InChI=1S/C12H17FN2O/c1-8(2)5-6-15-9-3-4-11(13)10(7-9)12(14)16/h3-4,7-8,15H,5-6H2,1-2H3,(H2,14,16). The number of halogens is 1. The van der Waals surface area contributed by atoms with Crippen LogP contribution in [0, 0.1) is 11.7 Å². The lowest BCUT2D eigenvalue weighted by Gasteiger charge is -2.09. The number of nitrogens with one attached hydrogen (secondary N) is 1. The van der Waals surface area contributed by atoms with Gasteiger partial charge in [-0.15, -0.1) is 0 Å². The second-order valence-corrected chi connectivity index (χ2v) is 4.17. The molecule has 0 bridgehead atoms. The Balaban J connectivity index is 2.68. The van der Waals surface area contributed by atoms with Gasteiger partial charge in [-0.05, 0) is 30.5 Å². The molecule has 0 aromatic heterocycles. The normalized spacial score (nSPS) is 10.5. The monoisotopic (exact) mass is 224 g/mol. The Morgan fingerprint density at radius 2 is 2.19 bits per heavy atom. The van der Waals surface area contributed by atoms with Gasteiger partial charge in [0.2, 0.25) is 0 Å². The molecule has 1 aromatic rings. The Bertz CT molecular complexity index is 377. The van der Waals surface area contributed by atoms with E-state index in [4.69, 9.17) is 5.73 Å². The molecule has 1 aromatic carbocycles. The summed E-state index contributed by atoms with van der Waals surface area (Å²) < 4.78 is 13.1. The van der Waals surface area contributed by atoms with Crippen molar-refractivity contribution in [3.63, 3.8) is 0 Å². The van der Waals surface area contributed by atoms with Crippen LogP contribution in [0.15, 0.2) is 18.2 Å². The van der Waals surface area contributed by atoms with Crippen LogP contribution < -0.4 is 11.1 Å². The summed E-state index contributed by atoms with van der Waals surface area (Å²) in [5, 5.41) is 3.12. The first-order valence-electron chi connectivity index (χ1n) is 5.34. The van der Waals surface area contributed by atoms with Gasteiger partial charge in [0, 0.05) is 12.2 Å². The molecule has 4 heteroatoms. The van der Waals surface area contributed by atoms with Crippen molar-refractivity contribution in [2.24, 2.45) is 11.7 Å². The van der Waals surface area contributed by atoms with Crippen molar-refractivity contribution in [3.05, 3.63) is 29.6 Å². The molecule has 0 radical (unpaired) electrons. The van der Waals surface area contributed by atoms with Crippen LogP contribution in [0.3, 0.4) is 0 Å². The average Bonchev–Trinajstić information content (AvgIpc) is 2.19. The second kappa shape index (κ2) is 5.49. The minimum absolute atomic E-state index is 0.0745. The number of amides is 1. The molecule has 3 nitrogen and oxygen atoms in total. The van der Waals surface area contributed by atoms with Gasteiger partial charge in [0.1, 0.15) is 5.82 Å². The maximum atomic E-state index is 13.1. The molecule has 0 saturated carbocycles. The summed E-state index contributed by atoms with van der Waals surface area (Å²) in [6, 6.07) is 4.29. The molecular formula is C12H17FN2O. The van der Waals surface area contributed by atoms with Crippen LogP contribution in [-0.2, 0) is 0 Å². The third-order valence-electron chi connectivity index (χ3n) is 2.28. The molecule has 3 N–H and O–H groups in total. The molecule has 0 aliphatic carbocycles. The number of carbonyl (C=O) groups is 1. The predicted octanol–water partition coefficient (Wildman–Crippen LogP) is 2.38. The third kappa shape index (κ3) is 3.53.